The Morgan fingerprint density at radius 3 is 1.24 bits per heavy atom. The molecule has 0 bridgehead atoms. The summed E-state index contributed by atoms with van der Waals surface area (Å²) in [6, 6.07) is 51.9. The average Bonchev–Trinajstić information content (AvgIpc) is 3.35. The average molecular weight is 925 g/mol. The van der Waals surface area contributed by atoms with Gasteiger partial charge in [0.05, 0.1) is 22.3 Å². The molecule has 0 aliphatic carbocycles. The first-order valence-corrected chi connectivity index (χ1v) is 22.7. The molecular weight excluding hydrogens is 884 g/mol. The molecule has 0 saturated carbocycles. The molecule has 2 amide bonds. The number of nitrogens with one attached hydrogen (secondary N) is 2. The van der Waals surface area contributed by atoms with Gasteiger partial charge in [-0.2, -0.15) is 0 Å². The SMILES string of the molecule is CNC(=O)c1cc(Oc2ccc(P(=O)(c3ccccc3)c3ccc(Oc4ccc(C(=O)O)c(C(=O)Nc5ccc(Oc6cccc(Oc7ccc(C)cc7)c6)cc5)c4)cc3)cc2)ccc1C(=O)O. The van der Waals surface area contributed by atoms with E-state index in [0.717, 1.165) is 5.56 Å². The molecule has 1 unspecified atom stereocenters. The standard InChI is InChI=1S/C54H41N2O11P/c1-34-11-15-36(16-12-34)64-40-7-6-8-41(31-40)65-37-17-13-35(14-18-37)56-52(58)50-33-43(24-30-48(50)54(61)62)67-39-21-27-46(28-22-39)68(63,44-9-4-3-5-10-44)45-25-19-38(20-26-45)66-42-23-29-47(53(59)60)49(32-42)51(57)55-2/h3-33H,1-2H3,(H,55,57)(H,56,58)(H,59,60)(H,61,62). The fraction of sp³-hybridized carbons (Fsp3) is 0.0370. The van der Waals surface area contributed by atoms with Gasteiger partial charge in [0.1, 0.15) is 46.0 Å². The number of hydrogen-bond donors (Lipinski definition) is 4. The highest BCUT2D eigenvalue weighted by Gasteiger charge is 2.30. The van der Waals surface area contributed by atoms with Crippen LogP contribution < -0.4 is 45.5 Å². The third-order valence-corrected chi connectivity index (χ3v) is 13.6. The van der Waals surface area contributed by atoms with Crippen LogP contribution in [0.4, 0.5) is 5.69 Å². The van der Waals surface area contributed by atoms with Crippen LogP contribution in [-0.2, 0) is 4.57 Å². The van der Waals surface area contributed by atoms with Crippen molar-refractivity contribution in [3.8, 4) is 46.0 Å². The van der Waals surface area contributed by atoms with Gasteiger partial charge in [-0.15, -0.1) is 0 Å². The predicted octanol–water partition coefficient (Wildman–Crippen LogP) is 10.8. The summed E-state index contributed by atoms with van der Waals surface area (Å²) in [5.74, 6) is -0.382. The number of carboxylic acids is 2. The summed E-state index contributed by atoms with van der Waals surface area (Å²) < 4.78 is 39.3. The minimum atomic E-state index is -3.49. The number of ether oxygens (including phenoxy) is 4. The van der Waals surface area contributed by atoms with E-state index >= 15 is 4.57 Å². The number of benzene rings is 8. The van der Waals surface area contributed by atoms with E-state index in [4.69, 9.17) is 18.9 Å². The topological polar surface area (TPSA) is 187 Å². The van der Waals surface area contributed by atoms with Crippen molar-refractivity contribution in [3.05, 3.63) is 216 Å². The van der Waals surface area contributed by atoms with E-state index in [-0.39, 0.29) is 33.8 Å². The summed E-state index contributed by atoms with van der Waals surface area (Å²) in [4.78, 5) is 49.9. The van der Waals surface area contributed by atoms with Gasteiger partial charge in [0, 0.05) is 34.7 Å². The lowest BCUT2D eigenvalue weighted by Gasteiger charge is -2.21. The largest absolute Gasteiger partial charge is 0.478 e. The first-order valence-electron chi connectivity index (χ1n) is 21.0. The summed E-state index contributed by atoms with van der Waals surface area (Å²) >= 11 is 0. The maximum atomic E-state index is 15.3. The third-order valence-electron chi connectivity index (χ3n) is 10.6. The number of aromatic carboxylic acids is 2. The van der Waals surface area contributed by atoms with Gasteiger partial charge in [-0.3, -0.25) is 9.59 Å². The quantitative estimate of drug-likeness (QED) is 0.0676. The number of carbonyl (C=O) groups is 4. The Kier molecular flexibility index (Phi) is 13.5. The molecule has 0 spiro atoms. The van der Waals surface area contributed by atoms with E-state index in [0.29, 0.717) is 56.1 Å². The zero-order valence-corrected chi connectivity index (χ0v) is 37.3. The minimum absolute atomic E-state index is 0.0628. The molecule has 68 heavy (non-hydrogen) atoms. The highest BCUT2D eigenvalue weighted by atomic mass is 31.2. The van der Waals surface area contributed by atoms with Crippen LogP contribution in [0.15, 0.2) is 188 Å². The van der Waals surface area contributed by atoms with E-state index in [1.54, 1.807) is 109 Å². The Labute approximate surface area is 390 Å². The van der Waals surface area contributed by atoms with E-state index in [1.807, 2.05) is 49.4 Å². The van der Waals surface area contributed by atoms with Crippen LogP contribution in [0, 0.1) is 6.92 Å². The molecule has 0 heterocycles. The molecule has 0 radical (unpaired) electrons. The zero-order valence-electron chi connectivity index (χ0n) is 36.4. The molecule has 4 N–H and O–H groups in total. The van der Waals surface area contributed by atoms with E-state index < -0.39 is 30.9 Å². The van der Waals surface area contributed by atoms with Crippen molar-refractivity contribution in [1.82, 2.24) is 5.32 Å². The van der Waals surface area contributed by atoms with Crippen molar-refractivity contribution < 1.29 is 52.9 Å². The summed E-state index contributed by atoms with van der Waals surface area (Å²) in [5, 5.41) is 26.3. The van der Waals surface area contributed by atoms with E-state index in [2.05, 4.69) is 10.6 Å². The molecule has 8 aromatic rings. The molecule has 0 aliphatic heterocycles. The van der Waals surface area contributed by atoms with Crippen LogP contribution in [0.25, 0.3) is 0 Å². The van der Waals surface area contributed by atoms with Gasteiger partial charge in [0.15, 0.2) is 7.14 Å². The van der Waals surface area contributed by atoms with Crippen LogP contribution in [0.5, 0.6) is 46.0 Å². The van der Waals surface area contributed by atoms with Crippen LogP contribution in [0.2, 0.25) is 0 Å². The normalized spacial score (nSPS) is 11.6. The number of amides is 2. The summed E-state index contributed by atoms with van der Waals surface area (Å²) in [6.07, 6.45) is 0. The van der Waals surface area contributed by atoms with Crippen molar-refractivity contribution in [2.45, 2.75) is 6.92 Å². The van der Waals surface area contributed by atoms with Gasteiger partial charge in [-0.05, 0) is 140 Å². The van der Waals surface area contributed by atoms with Gasteiger partial charge >= 0.3 is 11.9 Å². The number of rotatable bonds is 16. The highest BCUT2D eigenvalue weighted by molar-refractivity contribution is 7.85. The molecular formula is C54H41N2O11P. The lowest BCUT2D eigenvalue weighted by Crippen LogP contribution is -2.24. The summed E-state index contributed by atoms with van der Waals surface area (Å²) in [5.41, 5.74) is 0.909. The Bertz CT molecular complexity index is 3200. The molecule has 8 aromatic carbocycles. The molecule has 338 valence electrons. The zero-order chi connectivity index (χ0) is 47.8. The molecule has 0 saturated heterocycles. The van der Waals surface area contributed by atoms with E-state index in [9.17, 15) is 29.4 Å². The molecule has 0 aromatic heterocycles. The summed E-state index contributed by atoms with van der Waals surface area (Å²) in [7, 11) is -2.09. The summed E-state index contributed by atoms with van der Waals surface area (Å²) in [6.45, 7) is 2.00. The lowest BCUT2D eigenvalue weighted by molar-refractivity contribution is 0.0683. The van der Waals surface area contributed by atoms with E-state index in [1.165, 1.54) is 43.4 Å². The van der Waals surface area contributed by atoms with Crippen LogP contribution >= 0.6 is 7.14 Å². The van der Waals surface area contributed by atoms with Gasteiger partial charge in [-0.1, -0.05) is 54.1 Å². The van der Waals surface area contributed by atoms with Crippen molar-refractivity contribution in [2.24, 2.45) is 0 Å². The Balaban J connectivity index is 0.963. The first kappa shape index (κ1) is 45.6. The number of anilines is 1. The smallest absolute Gasteiger partial charge is 0.336 e. The fourth-order valence-corrected chi connectivity index (χ4v) is 9.77. The number of aryl methyl sites for hydroxylation is 1. The maximum Gasteiger partial charge on any atom is 0.336 e. The second-order valence-corrected chi connectivity index (χ2v) is 18.0. The fourth-order valence-electron chi connectivity index (χ4n) is 7.15. The second kappa shape index (κ2) is 20.1. The van der Waals surface area contributed by atoms with Crippen LogP contribution in [-0.4, -0.2) is 41.0 Å². The minimum Gasteiger partial charge on any atom is -0.478 e. The van der Waals surface area contributed by atoms with Crippen molar-refractivity contribution in [3.63, 3.8) is 0 Å². The highest BCUT2D eigenvalue weighted by Crippen LogP contribution is 2.43. The number of carbonyl (C=O) groups excluding carboxylic acids is 2. The van der Waals surface area contributed by atoms with Crippen molar-refractivity contribution in [2.75, 3.05) is 12.4 Å². The lowest BCUT2D eigenvalue weighted by atomic mass is 10.1. The Hall–Kier alpha value is -8.93. The van der Waals surface area contributed by atoms with Crippen LogP contribution in [0.3, 0.4) is 0 Å². The van der Waals surface area contributed by atoms with Crippen molar-refractivity contribution in [1.29, 1.82) is 0 Å². The van der Waals surface area contributed by atoms with Gasteiger partial charge in [-0.25, -0.2) is 9.59 Å². The molecule has 0 fully saturated rings. The first-order chi connectivity index (χ1) is 32.9. The molecule has 8 rings (SSSR count). The van der Waals surface area contributed by atoms with Gasteiger partial charge in [0.2, 0.25) is 0 Å². The number of carboxylic acid groups (broad SMARTS) is 2. The molecule has 13 nitrogen and oxygen atoms in total. The van der Waals surface area contributed by atoms with Gasteiger partial charge in [0.25, 0.3) is 11.8 Å². The Morgan fingerprint density at radius 1 is 0.412 bits per heavy atom. The monoisotopic (exact) mass is 924 g/mol. The van der Waals surface area contributed by atoms with Crippen LogP contribution in [0.1, 0.15) is 47.0 Å². The second-order valence-electron chi connectivity index (χ2n) is 15.2. The predicted molar refractivity (Wildman–Crippen MR) is 258 cm³/mol. The third kappa shape index (κ3) is 10.4. The number of hydrogen-bond acceptors (Lipinski definition) is 9. The molecule has 14 heteroatoms. The van der Waals surface area contributed by atoms with Crippen molar-refractivity contribution >= 4 is 52.5 Å². The molecule has 0 aliphatic rings. The van der Waals surface area contributed by atoms with Gasteiger partial charge < -0.3 is 44.4 Å². The molecule has 1 atom stereocenters. The maximum absolute atomic E-state index is 15.3. The Morgan fingerprint density at radius 2 is 0.794 bits per heavy atom.